The van der Waals surface area contributed by atoms with Crippen molar-refractivity contribution >= 4 is 15.9 Å². The smallest absolute Gasteiger partial charge is 0.235 e. The number of rotatable bonds is 8. The van der Waals surface area contributed by atoms with Gasteiger partial charge in [0.15, 0.2) is 0 Å². The van der Waals surface area contributed by atoms with Crippen LogP contribution in [0.25, 0.3) is 0 Å². The molecule has 0 fully saturated rings. The highest BCUT2D eigenvalue weighted by molar-refractivity contribution is 7.88. The maximum Gasteiger partial charge on any atom is 0.235 e. The lowest BCUT2D eigenvalue weighted by Gasteiger charge is -2.21. The van der Waals surface area contributed by atoms with Crippen molar-refractivity contribution in [1.82, 2.24) is 9.62 Å². The summed E-state index contributed by atoms with van der Waals surface area (Å²) in [5.41, 5.74) is 0.715. The van der Waals surface area contributed by atoms with Crippen molar-refractivity contribution in [1.29, 1.82) is 0 Å². The minimum absolute atomic E-state index is 0.0952. The molecular weight excluding hydrogens is 304 g/mol. The first-order valence-corrected chi connectivity index (χ1v) is 8.92. The average molecular weight is 328 g/mol. The van der Waals surface area contributed by atoms with Crippen molar-refractivity contribution in [2.24, 2.45) is 5.92 Å². The molecule has 0 bridgehead atoms. The van der Waals surface area contributed by atoms with Gasteiger partial charge in [-0.05, 0) is 12.0 Å². The van der Waals surface area contributed by atoms with Crippen LogP contribution in [0.4, 0.5) is 0 Å². The predicted octanol–water partition coefficient (Wildman–Crippen LogP) is 1.23. The van der Waals surface area contributed by atoms with Crippen molar-refractivity contribution in [2.45, 2.75) is 20.4 Å². The van der Waals surface area contributed by atoms with Gasteiger partial charge in [-0.3, -0.25) is 4.79 Å². The number of ether oxygens (including phenoxy) is 1. The Morgan fingerprint density at radius 1 is 1.32 bits per heavy atom. The van der Waals surface area contributed by atoms with E-state index in [1.54, 1.807) is 18.2 Å². The molecule has 7 heteroatoms. The van der Waals surface area contributed by atoms with Gasteiger partial charge in [0.05, 0.1) is 19.9 Å². The number of amides is 1. The molecule has 124 valence electrons. The predicted molar refractivity (Wildman–Crippen MR) is 86.1 cm³/mol. The molecule has 1 rings (SSSR count). The number of sulfonamides is 1. The van der Waals surface area contributed by atoms with Crippen LogP contribution in [0.1, 0.15) is 19.4 Å². The van der Waals surface area contributed by atoms with Crippen molar-refractivity contribution in [3.05, 3.63) is 29.8 Å². The molecule has 0 aliphatic carbocycles. The summed E-state index contributed by atoms with van der Waals surface area (Å²) in [5.74, 6) is 0.595. The summed E-state index contributed by atoms with van der Waals surface area (Å²) in [7, 11) is -1.98. The van der Waals surface area contributed by atoms with E-state index in [-0.39, 0.29) is 19.0 Å². The van der Waals surface area contributed by atoms with E-state index in [0.717, 1.165) is 10.6 Å². The Kier molecular flexibility index (Phi) is 6.83. The molecule has 0 saturated heterocycles. The molecule has 0 atom stereocenters. The lowest BCUT2D eigenvalue weighted by Crippen LogP contribution is -2.40. The van der Waals surface area contributed by atoms with Gasteiger partial charge in [-0.25, -0.2) is 8.42 Å². The first kappa shape index (κ1) is 18.4. The van der Waals surface area contributed by atoms with E-state index in [1.165, 1.54) is 7.11 Å². The lowest BCUT2D eigenvalue weighted by molar-refractivity contribution is -0.121. The van der Waals surface area contributed by atoms with Crippen molar-refractivity contribution < 1.29 is 17.9 Å². The molecule has 0 unspecified atom stereocenters. The molecule has 1 aromatic rings. The third-order valence-corrected chi connectivity index (χ3v) is 4.23. The van der Waals surface area contributed by atoms with E-state index in [4.69, 9.17) is 4.74 Å². The molecule has 1 N–H and O–H groups in total. The molecule has 1 aromatic carbocycles. The number of hydrogen-bond donors (Lipinski definition) is 1. The van der Waals surface area contributed by atoms with E-state index >= 15 is 0 Å². The van der Waals surface area contributed by atoms with Gasteiger partial charge in [-0.1, -0.05) is 32.0 Å². The summed E-state index contributed by atoms with van der Waals surface area (Å²) in [6, 6.07) is 7.15. The minimum atomic E-state index is -3.50. The van der Waals surface area contributed by atoms with Crippen LogP contribution in [-0.4, -0.2) is 45.1 Å². The molecule has 0 aliphatic heterocycles. The van der Waals surface area contributed by atoms with Crippen molar-refractivity contribution in [2.75, 3.05) is 26.5 Å². The van der Waals surface area contributed by atoms with E-state index in [9.17, 15) is 13.2 Å². The van der Waals surface area contributed by atoms with Crippen LogP contribution in [0.3, 0.4) is 0 Å². The molecule has 0 radical (unpaired) electrons. The summed E-state index contributed by atoms with van der Waals surface area (Å²) >= 11 is 0. The van der Waals surface area contributed by atoms with Crippen LogP contribution >= 0.6 is 0 Å². The Balaban J connectivity index is 2.84. The Morgan fingerprint density at radius 3 is 2.50 bits per heavy atom. The summed E-state index contributed by atoms with van der Waals surface area (Å²) in [5, 5.41) is 2.72. The molecule has 0 heterocycles. The van der Waals surface area contributed by atoms with Gasteiger partial charge in [-0.2, -0.15) is 4.31 Å². The first-order valence-electron chi connectivity index (χ1n) is 7.07. The van der Waals surface area contributed by atoms with E-state index < -0.39 is 10.0 Å². The van der Waals surface area contributed by atoms with Crippen molar-refractivity contribution in [3.8, 4) is 5.75 Å². The second-order valence-corrected chi connectivity index (χ2v) is 7.52. The number of nitrogens with zero attached hydrogens (tertiary/aromatic N) is 1. The third kappa shape index (κ3) is 6.03. The van der Waals surface area contributed by atoms with Crippen LogP contribution in [0.15, 0.2) is 24.3 Å². The molecule has 1 amide bonds. The zero-order chi connectivity index (χ0) is 16.8. The van der Waals surface area contributed by atoms with Crippen LogP contribution in [-0.2, 0) is 21.4 Å². The van der Waals surface area contributed by atoms with E-state index in [1.807, 2.05) is 19.9 Å². The monoisotopic (exact) mass is 328 g/mol. The summed E-state index contributed by atoms with van der Waals surface area (Å²) in [4.78, 5) is 11.9. The number of benzene rings is 1. The highest BCUT2D eigenvalue weighted by Gasteiger charge is 2.21. The largest absolute Gasteiger partial charge is 0.496 e. The van der Waals surface area contributed by atoms with E-state index in [2.05, 4.69) is 5.32 Å². The molecule has 22 heavy (non-hydrogen) atoms. The molecule has 0 aliphatic rings. The summed E-state index contributed by atoms with van der Waals surface area (Å²) in [6.07, 6.45) is 1.10. The van der Waals surface area contributed by atoms with Gasteiger partial charge in [-0.15, -0.1) is 0 Å². The fourth-order valence-corrected chi connectivity index (χ4v) is 2.57. The molecule has 0 spiro atoms. The van der Waals surface area contributed by atoms with Crippen LogP contribution in [0, 0.1) is 5.92 Å². The van der Waals surface area contributed by atoms with Crippen LogP contribution in [0.5, 0.6) is 5.75 Å². The number of nitrogens with one attached hydrogen (secondary N) is 1. The number of carbonyl (C=O) groups excluding carboxylic acids is 1. The van der Waals surface area contributed by atoms with Gasteiger partial charge in [0.2, 0.25) is 15.9 Å². The Labute approximate surface area is 132 Å². The van der Waals surface area contributed by atoms with Gasteiger partial charge < -0.3 is 10.1 Å². The highest BCUT2D eigenvalue weighted by atomic mass is 32.2. The molecular formula is C15H24N2O4S. The SMILES string of the molecule is COc1ccccc1CN(CC(=O)NCC(C)C)S(C)(=O)=O. The highest BCUT2D eigenvalue weighted by Crippen LogP contribution is 2.20. The topological polar surface area (TPSA) is 75.7 Å². The fourth-order valence-electron chi connectivity index (χ4n) is 1.85. The van der Waals surface area contributed by atoms with Crippen LogP contribution < -0.4 is 10.1 Å². The maximum atomic E-state index is 11.9. The zero-order valence-electron chi connectivity index (χ0n) is 13.5. The average Bonchev–Trinajstić information content (AvgIpc) is 2.44. The second-order valence-electron chi connectivity index (χ2n) is 5.54. The van der Waals surface area contributed by atoms with Gasteiger partial charge in [0.25, 0.3) is 0 Å². The van der Waals surface area contributed by atoms with Gasteiger partial charge in [0, 0.05) is 18.7 Å². The number of hydrogen-bond acceptors (Lipinski definition) is 4. The maximum absolute atomic E-state index is 11.9. The van der Waals surface area contributed by atoms with Crippen molar-refractivity contribution in [3.63, 3.8) is 0 Å². The molecule has 0 aromatic heterocycles. The summed E-state index contributed by atoms with van der Waals surface area (Å²) < 4.78 is 30.2. The van der Waals surface area contributed by atoms with E-state index in [0.29, 0.717) is 23.8 Å². The lowest BCUT2D eigenvalue weighted by atomic mass is 10.2. The minimum Gasteiger partial charge on any atom is -0.496 e. The Bertz CT molecular complexity index is 599. The number of methoxy groups -OCH3 is 1. The Morgan fingerprint density at radius 2 is 1.95 bits per heavy atom. The van der Waals surface area contributed by atoms with Crippen LogP contribution in [0.2, 0.25) is 0 Å². The molecule has 6 nitrogen and oxygen atoms in total. The number of carbonyl (C=O) groups is 1. The zero-order valence-corrected chi connectivity index (χ0v) is 14.3. The van der Waals surface area contributed by atoms with Gasteiger partial charge in [0.1, 0.15) is 5.75 Å². The quantitative estimate of drug-likeness (QED) is 0.779. The Hall–Kier alpha value is -1.60. The summed E-state index contributed by atoms with van der Waals surface area (Å²) in [6.45, 7) is 4.36. The first-order chi connectivity index (χ1) is 10.2. The third-order valence-electron chi connectivity index (χ3n) is 3.04. The normalized spacial score (nSPS) is 11.7. The standard InChI is InChI=1S/C15H24N2O4S/c1-12(2)9-16-15(18)11-17(22(4,19)20)10-13-7-5-6-8-14(13)21-3/h5-8,12H,9-11H2,1-4H3,(H,16,18). The van der Waals surface area contributed by atoms with Gasteiger partial charge >= 0.3 is 0 Å². The fraction of sp³-hybridized carbons (Fsp3) is 0.533. The second kappa shape index (κ2) is 8.14. The number of para-hydroxylation sites is 1. The molecule has 0 saturated carbocycles.